The van der Waals surface area contributed by atoms with E-state index in [9.17, 15) is 5.53 Å². The van der Waals surface area contributed by atoms with Crippen LogP contribution in [0.25, 0.3) is 10.4 Å². The normalized spacial score (nSPS) is 23.8. The first-order chi connectivity index (χ1) is 16.2. The molecule has 1 aromatic carbocycles. The highest BCUT2D eigenvalue weighted by Crippen LogP contribution is 2.41. The van der Waals surface area contributed by atoms with Crippen LogP contribution < -0.4 is 0 Å². The molecule has 192 valence electrons. The van der Waals surface area contributed by atoms with Gasteiger partial charge in [-0.1, -0.05) is 90.5 Å². The van der Waals surface area contributed by atoms with Crippen molar-refractivity contribution in [2.24, 2.45) is 5.11 Å². The summed E-state index contributed by atoms with van der Waals surface area (Å²) in [4.78, 5) is 4.35. The minimum atomic E-state index is -2.08. The number of thioether (sulfide) groups is 1. The standard InChI is InChI=1S/C25H45N3O3SSi2/c1-9-33(10-2,19(5)6)30-22-18-29-25(32-21-16-14-13-15-17-21)23(27-28-26)24(22)31-34(11-3,12-4)20(7)8/h13-17,19-20,22-25H,9-12,18H2,1-8H3/t22-,23-,24+,25-/m1/s1. The number of hydrogen-bond donors (Lipinski definition) is 0. The Morgan fingerprint density at radius 3 is 1.97 bits per heavy atom. The Morgan fingerprint density at radius 1 is 0.971 bits per heavy atom. The quantitative estimate of drug-likeness (QED) is 0.113. The molecule has 0 N–H and O–H groups in total. The third-order valence-electron chi connectivity index (χ3n) is 7.84. The Hall–Kier alpha value is -0.806. The molecule has 1 aliphatic rings. The Balaban J connectivity index is 2.49. The summed E-state index contributed by atoms with van der Waals surface area (Å²) in [6.45, 7) is 18.6. The maximum atomic E-state index is 9.56. The average Bonchev–Trinajstić information content (AvgIpc) is 2.84. The first-order valence-corrected chi connectivity index (χ1v) is 18.6. The van der Waals surface area contributed by atoms with Crippen LogP contribution in [0, 0.1) is 0 Å². The van der Waals surface area contributed by atoms with Crippen LogP contribution in [0.1, 0.15) is 55.4 Å². The fourth-order valence-electron chi connectivity index (χ4n) is 5.23. The molecule has 6 nitrogen and oxygen atoms in total. The van der Waals surface area contributed by atoms with Gasteiger partial charge in [-0.3, -0.25) is 0 Å². The highest BCUT2D eigenvalue weighted by Gasteiger charge is 2.50. The Bertz CT molecular complexity index is 785. The van der Waals surface area contributed by atoms with E-state index < -0.39 is 22.7 Å². The molecule has 1 heterocycles. The second-order valence-electron chi connectivity index (χ2n) is 9.92. The SMILES string of the molecule is CC[Si](CC)(O[C@@H]1[C@@H](N=[N+]=[N-])[C@@H](Sc2ccccc2)OC[C@H]1O[Si](CC)(CC)C(C)C)C(C)C. The third-order valence-corrected chi connectivity index (χ3v) is 19.5. The van der Waals surface area contributed by atoms with E-state index in [1.54, 1.807) is 11.8 Å². The van der Waals surface area contributed by atoms with Crippen LogP contribution in [-0.4, -0.2) is 46.9 Å². The number of azide groups is 1. The highest BCUT2D eigenvalue weighted by atomic mass is 32.2. The third kappa shape index (κ3) is 6.69. The van der Waals surface area contributed by atoms with E-state index in [1.807, 2.05) is 18.2 Å². The Morgan fingerprint density at radius 2 is 1.50 bits per heavy atom. The van der Waals surface area contributed by atoms with E-state index in [0.717, 1.165) is 29.1 Å². The number of benzene rings is 1. The van der Waals surface area contributed by atoms with Crippen LogP contribution in [0.4, 0.5) is 0 Å². The van der Waals surface area contributed by atoms with Crippen molar-refractivity contribution in [2.75, 3.05) is 6.61 Å². The van der Waals surface area contributed by atoms with Gasteiger partial charge >= 0.3 is 0 Å². The lowest BCUT2D eigenvalue weighted by molar-refractivity contribution is -0.0955. The van der Waals surface area contributed by atoms with Gasteiger partial charge in [0.15, 0.2) is 16.6 Å². The molecule has 9 heteroatoms. The average molecular weight is 524 g/mol. The molecule has 0 aliphatic carbocycles. The van der Waals surface area contributed by atoms with Gasteiger partial charge in [0.05, 0.1) is 18.8 Å². The number of ether oxygens (including phenoxy) is 1. The lowest BCUT2D eigenvalue weighted by Crippen LogP contribution is -2.61. The van der Waals surface area contributed by atoms with E-state index in [-0.39, 0.29) is 17.6 Å². The zero-order chi connectivity index (χ0) is 25.4. The largest absolute Gasteiger partial charge is 0.410 e. The molecule has 0 radical (unpaired) electrons. The fraction of sp³-hybridized carbons (Fsp3) is 0.760. The summed E-state index contributed by atoms with van der Waals surface area (Å²) in [5.41, 5.74) is 10.2. The molecule has 0 amide bonds. The Labute approximate surface area is 213 Å². The van der Waals surface area contributed by atoms with Crippen molar-refractivity contribution in [2.45, 2.75) is 119 Å². The van der Waals surface area contributed by atoms with E-state index in [4.69, 9.17) is 13.6 Å². The molecular formula is C25H45N3O3SSi2. The molecule has 0 bridgehead atoms. The van der Waals surface area contributed by atoms with Crippen LogP contribution in [-0.2, 0) is 13.6 Å². The van der Waals surface area contributed by atoms with Gasteiger partial charge < -0.3 is 13.6 Å². The van der Waals surface area contributed by atoms with E-state index in [0.29, 0.717) is 17.7 Å². The van der Waals surface area contributed by atoms with E-state index in [1.165, 1.54) is 0 Å². The second kappa shape index (κ2) is 13.5. The molecule has 1 aromatic rings. The van der Waals surface area contributed by atoms with Gasteiger partial charge in [0.1, 0.15) is 11.5 Å². The molecule has 1 fully saturated rings. The lowest BCUT2D eigenvalue weighted by Gasteiger charge is -2.49. The molecule has 0 saturated carbocycles. The molecule has 1 saturated heterocycles. The van der Waals surface area contributed by atoms with Gasteiger partial charge in [-0.25, -0.2) is 0 Å². The number of rotatable bonds is 13. The lowest BCUT2D eigenvalue weighted by atomic mass is 10.1. The summed E-state index contributed by atoms with van der Waals surface area (Å²) in [5, 5.41) is 4.30. The minimum Gasteiger partial charge on any atom is -0.410 e. The highest BCUT2D eigenvalue weighted by molar-refractivity contribution is 7.99. The predicted octanol–water partition coefficient (Wildman–Crippen LogP) is 8.37. The van der Waals surface area contributed by atoms with Gasteiger partial charge in [0.25, 0.3) is 0 Å². The number of hydrogen-bond acceptors (Lipinski definition) is 5. The summed E-state index contributed by atoms with van der Waals surface area (Å²) < 4.78 is 20.6. The second-order valence-corrected chi connectivity index (χ2v) is 21.0. The van der Waals surface area contributed by atoms with Crippen molar-refractivity contribution in [1.82, 2.24) is 0 Å². The van der Waals surface area contributed by atoms with Gasteiger partial charge in [0, 0.05) is 9.81 Å². The van der Waals surface area contributed by atoms with Crippen molar-refractivity contribution < 1.29 is 13.6 Å². The van der Waals surface area contributed by atoms with Gasteiger partial charge in [-0.15, -0.1) is 0 Å². The molecule has 34 heavy (non-hydrogen) atoms. The topological polar surface area (TPSA) is 76.5 Å². The van der Waals surface area contributed by atoms with Crippen LogP contribution in [0.3, 0.4) is 0 Å². The van der Waals surface area contributed by atoms with Crippen LogP contribution in [0.2, 0.25) is 35.3 Å². The summed E-state index contributed by atoms with van der Waals surface area (Å²) in [6, 6.07) is 13.9. The van der Waals surface area contributed by atoms with Gasteiger partial charge in [-0.05, 0) is 52.9 Å². The molecular weight excluding hydrogens is 479 g/mol. The maximum Gasteiger partial charge on any atom is 0.195 e. The minimum absolute atomic E-state index is 0.221. The maximum absolute atomic E-state index is 9.56. The van der Waals surface area contributed by atoms with Crippen molar-refractivity contribution in [1.29, 1.82) is 0 Å². The van der Waals surface area contributed by atoms with Crippen molar-refractivity contribution in [3.8, 4) is 0 Å². The molecule has 2 rings (SSSR count). The summed E-state index contributed by atoms with van der Waals surface area (Å²) in [7, 11) is -4.09. The molecule has 0 spiro atoms. The molecule has 1 aliphatic heterocycles. The summed E-state index contributed by atoms with van der Waals surface area (Å²) in [5.74, 6) is 0. The van der Waals surface area contributed by atoms with Gasteiger partial charge in [0.2, 0.25) is 0 Å². The number of nitrogens with zero attached hydrogens (tertiary/aromatic N) is 3. The van der Waals surface area contributed by atoms with Crippen LogP contribution >= 0.6 is 11.8 Å². The van der Waals surface area contributed by atoms with Crippen LogP contribution in [0.5, 0.6) is 0 Å². The van der Waals surface area contributed by atoms with Crippen molar-refractivity contribution in [3.05, 3.63) is 40.8 Å². The Kier molecular flexibility index (Phi) is 11.7. The van der Waals surface area contributed by atoms with E-state index in [2.05, 4.69) is 77.5 Å². The van der Waals surface area contributed by atoms with Crippen molar-refractivity contribution in [3.63, 3.8) is 0 Å². The zero-order valence-corrected chi connectivity index (χ0v) is 25.2. The summed E-state index contributed by atoms with van der Waals surface area (Å²) >= 11 is 1.61. The van der Waals surface area contributed by atoms with Gasteiger partial charge in [-0.2, -0.15) is 0 Å². The van der Waals surface area contributed by atoms with E-state index >= 15 is 0 Å². The fourth-order valence-corrected chi connectivity index (χ4v) is 13.4. The molecule has 0 unspecified atom stereocenters. The zero-order valence-electron chi connectivity index (χ0n) is 22.4. The first kappa shape index (κ1) is 29.4. The molecule has 0 aromatic heterocycles. The monoisotopic (exact) mass is 523 g/mol. The van der Waals surface area contributed by atoms with Crippen molar-refractivity contribution >= 4 is 28.4 Å². The summed E-state index contributed by atoms with van der Waals surface area (Å²) in [6.07, 6.45) is -0.524. The first-order valence-electron chi connectivity index (χ1n) is 13.0. The van der Waals surface area contributed by atoms with Crippen LogP contribution in [0.15, 0.2) is 40.3 Å². The predicted molar refractivity (Wildman–Crippen MR) is 148 cm³/mol. The smallest absolute Gasteiger partial charge is 0.195 e. The molecule has 4 atom stereocenters.